The number of halogens is 1. The fraction of sp³-hybridized carbons (Fsp3) is 0.294. The third kappa shape index (κ3) is 3.36. The maximum Gasteiger partial charge on any atom is 0.138 e. The van der Waals surface area contributed by atoms with Crippen LogP contribution in [0.3, 0.4) is 0 Å². The van der Waals surface area contributed by atoms with E-state index in [2.05, 4.69) is 0 Å². The molecule has 0 saturated heterocycles. The maximum absolute atomic E-state index is 13.4. The Balaban J connectivity index is 2.33. The van der Waals surface area contributed by atoms with Crippen LogP contribution in [0.5, 0.6) is 5.75 Å². The molecular weight excluding hydrogens is 253 g/mol. The average molecular weight is 273 g/mol. The number of benzene rings is 2. The summed E-state index contributed by atoms with van der Waals surface area (Å²) < 4.78 is 19.3. The van der Waals surface area contributed by atoms with Crippen LogP contribution in [0.1, 0.15) is 29.7 Å². The fourth-order valence-electron chi connectivity index (χ4n) is 2.16. The van der Waals surface area contributed by atoms with Gasteiger partial charge in [0.1, 0.15) is 17.7 Å². The van der Waals surface area contributed by atoms with E-state index in [1.165, 1.54) is 12.1 Å². The normalized spacial score (nSPS) is 13.8. The van der Waals surface area contributed by atoms with Crippen molar-refractivity contribution >= 4 is 0 Å². The van der Waals surface area contributed by atoms with Gasteiger partial charge in [-0.05, 0) is 38.0 Å². The molecule has 0 radical (unpaired) electrons. The van der Waals surface area contributed by atoms with E-state index in [4.69, 9.17) is 10.5 Å². The Morgan fingerprint density at radius 1 is 1.10 bits per heavy atom. The predicted octanol–water partition coefficient (Wildman–Crippen LogP) is 3.91. The largest absolute Gasteiger partial charge is 0.484 e. The first-order chi connectivity index (χ1) is 9.47. The molecule has 2 aromatic carbocycles. The van der Waals surface area contributed by atoms with Crippen molar-refractivity contribution in [2.45, 2.75) is 32.9 Å². The molecule has 2 rings (SSSR count). The molecule has 0 amide bonds. The molecule has 0 saturated carbocycles. The molecule has 0 aliphatic carbocycles. The summed E-state index contributed by atoms with van der Waals surface area (Å²) in [6.45, 7) is 5.81. The van der Waals surface area contributed by atoms with Gasteiger partial charge in [0, 0.05) is 12.1 Å². The highest BCUT2D eigenvalue weighted by molar-refractivity contribution is 5.34. The number of rotatable bonds is 4. The zero-order valence-electron chi connectivity index (χ0n) is 12.1. The summed E-state index contributed by atoms with van der Waals surface area (Å²) in [6, 6.07) is 12.4. The minimum absolute atomic E-state index is 0.195. The van der Waals surface area contributed by atoms with Gasteiger partial charge in [-0.2, -0.15) is 0 Å². The third-order valence-corrected chi connectivity index (χ3v) is 3.25. The van der Waals surface area contributed by atoms with Crippen molar-refractivity contribution in [1.82, 2.24) is 0 Å². The van der Waals surface area contributed by atoms with Gasteiger partial charge in [-0.1, -0.05) is 35.9 Å². The number of hydrogen-bond donors (Lipinski definition) is 1. The highest BCUT2D eigenvalue weighted by Gasteiger charge is 2.19. The van der Waals surface area contributed by atoms with Gasteiger partial charge >= 0.3 is 0 Å². The first-order valence-corrected chi connectivity index (χ1v) is 6.72. The van der Waals surface area contributed by atoms with Gasteiger partial charge in [-0.15, -0.1) is 0 Å². The molecule has 2 N–H and O–H groups in total. The minimum Gasteiger partial charge on any atom is -0.484 e. The minimum atomic E-state index is -0.307. The van der Waals surface area contributed by atoms with E-state index in [0.717, 1.165) is 16.7 Å². The van der Waals surface area contributed by atoms with Gasteiger partial charge in [0.15, 0.2) is 0 Å². The highest BCUT2D eigenvalue weighted by Crippen LogP contribution is 2.28. The first kappa shape index (κ1) is 14.5. The highest BCUT2D eigenvalue weighted by atomic mass is 19.1. The van der Waals surface area contributed by atoms with Crippen LogP contribution in [0.4, 0.5) is 4.39 Å². The van der Waals surface area contributed by atoms with Crippen LogP contribution in [-0.2, 0) is 0 Å². The third-order valence-electron chi connectivity index (χ3n) is 3.25. The molecule has 20 heavy (non-hydrogen) atoms. The summed E-state index contributed by atoms with van der Waals surface area (Å²) in [4.78, 5) is 0. The second-order valence-corrected chi connectivity index (χ2v) is 5.22. The van der Waals surface area contributed by atoms with Gasteiger partial charge in [-0.25, -0.2) is 4.39 Å². The Kier molecular flexibility index (Phi) is 4.40. The van der Waals surface area contributed by atoms with Crippen molar-refractivity contribution in [2.24, 2.45) is 5.73 Å². The van der Waals surface area contributed by atoms with Crippen molar-refractivity contribution in [2.75, 3.05) is 0 Å². The molecule has 0 aromatic heterocycles. The molecule has 106 valence electrons. The fourth-order valence-corrected chi connectivity index (χ4v) is 2.16. The van der Waals surface area contributed by atoms with Gasteiger partial charge in [0.25, 0.3) is 0 Å². The lowest BCUT2D eigenvalue weighted by Gasteiger charge is -2.24. The monoisotopic (exact) mass is 273 g/mol. The standard InChI is InChI=1S/C17H20FNO/c1-11-5-4-6-14(9-11)17(13(3)19)20-16-10-15(18)8-7-12(16)2/h4-10,13,17H,19H2,1-3H3. The van der Waals surface area contributed by atoms with Crippen molar-refractivity contribution < 1.29 is 9.13 Å². The molecule has 0 heterocycles. The summed E-state index contributed by atoms with van der Waals surface area (Å²) in [6.07, 6.45) is -0.296. The molecule has 0 spiro atoms. The Morgan fingerprint density at radius 2 is 1.85 bits per heavy atom. The van der Waals surface area contributed by atoms with Gasteiger partial charge < -0.3 is 10.5 Å². The summed E-state index contributed by atoms with van der Waals surface area (Å²) in [7, 11) is 0. The first-order valence-electron chi connectivity index (χ1n) is 6.72. The van der Waals surface area contributed by atoms with Crippen LogP contribution in [0, 0.1) is 19.7 Å². The van der Waals surface area contributed by atoms with Crippen molar-refractivity contribution in [1.29, 1.82) is 0 Å². The van der Waals surface area contributed by atoms with E-state index in [1.54, 1.807) is 6.07 Å². The molecule has 0 aliphatic rings. The number of hydrogen-bond acceptors (Lipinski definition) is 2. The van der Waals surface area contributed by atoms with Crippen LogP contribution in [-0.4, -0.2) is 6.04 Å². The van der Waals surface area contributed by atoms with E-state index < -0.39 is 0 Å². The Hall–Kier alpha value is -1.87. The zero-order chi connectivity index (χ0) is 14.7. The predicted molar refractivity (Wildman–Crippen MR) is 79.3 cm³/mol. The van der Waals surface area contributed by atoms with E-state index >= 15 is 0 Å². The van der Waals surface area contributed by atoms with E-state index in [9.17, 15) is 4.39 Å². The van der Waals surface area contributed by atoms with E-state index in [-0.39, 0.29) is 18.0 Å². The molecular formula is C17H20FNO. The second kappa shape index (κ2) is 6.06. The summed E-state index contributed by atoms with van der Waals surface area (Å²) in [5, 5.41) is 0. The molecule has 2 aromatic rings. The summed E-state index contributed by atoms with van der Waals surface area (Å²) >= 11 is 0. The lowest BCUT2D eigenvalue weighted by molar-refractivity contribution is 0.178. The number of aryl methyl sites for hydroxylation is 2. The van der Waals surface area contributed by atoms with Crippen LogP contribution in [0.2, 0.25) is 0 Å². The van der Waals surface area contributed by atoms with Gasteiger partial charge in [0.05, 0.1) is 0 Å². The Morgan fingerprint density at radius 3 is 2.50 bits per heavy atom. The second-order valence-electron chi connectivity index (χ2n) is 5.22. The Bertz CT molecular complexity index is 595. The zero-order valence-corrected chi connectivity index (χ0v) is 12.1. The Labute approximate surface area is 119 Å². The molecule has 2 atom stereocenters. The van der Waals surface area contributed by atoms with Gasteiger partial charge in [-0.3, -0.25) is 0 Å². The smallest absolute Gasteiger partial charge is 0.138 e. The number of ether oxygens (including phenoxy) is 1. The molecule has 2 unspecified atom stereocenters. The SMILES string of the molecule is Cc1cccc(C(Oc2cc(F)ccc2C)C(C)N)c1. The molecule has 3 heteroatoms. The molecule has 0 aliphatic heterocycles. The van der Waals surface area contributed by atoms with Crippen LogP contribution >= 0.6 is 0 Å². The van der Waals surface area contributed by atoms with Crippen LogP contribution in [0.15, 0.2) is 42.5 Å². The van der Waals surface area contributed by atoms with Gasteiger partial charge in [0.2, 0.25) is 0 Å². The topological polar surface area (TPSA) is 35.2 Å². The van der Waals surface area contributed by atoms with Crippen molar-refractivity contribution in [3.05, 3.63) is 65.0 Å². The van der Waals surface area contributed by atoms with Crippen molar-refractivity contribution in [3.63, 3.8) is 0 Å². The summed E-state index contributed by atoms with van der Waals surface area (Å²) in [5.74, 6) is 0.229. The van der Waals surface area contributed by atoms with Crippen LogP contribution < -0.4 is 10.5 Å². The lowest BCUT2D eigenvalue weighted by Crippen LogP contribution is -2.29. The van der Waals surface area contributed by atoms with Crippen LogP contribution in [0.25, 0.3) is 0 Å². The molecule has 2 nitrogen and oxygen atoms in total. The quantitative estimate of drug-likeness (QED) is 0.916. The maximum atomic E-state index is 13.4. The molecule has 0 fully saturated rings. The lowest BCUT2D eigenvalue weighted by atomic mass is 10.0. The average Bonchev–Trinajstić information content (AvgIpc) is 2.39. The van der Waals surface area contributed by atoms with Crippen molar-refractivity contribution in [3.8, 4) is 5.75 Å². The van der Waals surface area contributed by atoms with E-state index in [0.29, 0.717) is 5.75 Å². The summed E-state index contributed by atoms with van der Waals surface area (Å²) in [5.41, 5.74) is 9.08. The van der Waals surface area contributed by atoms with E-state index in [1.807, 2.05) is 45.0 Å². The number of nitrogens with two attached hydrogens (primary N) is 1. The molecule has 0 bridgehead atoms.